The van der Waals surface area contributed by atoms with Crippen molar-refractivity contribution in [3.63, 3.8) is 0 Å². The molecule has 0 radical (unpaired) electrons. The lowest BCUT2D eigenvalue weighted by Crippen LogP contribution is -2.54. The third-order valence-electron chi connectivity index (χ3n) is 5.78. The molecule has 1 aromatic heterocycles. The molecule has 0 N–H and O–H groups in total. The van der Waals surface area contributed by atoms with Crippen LogP contribution in [0.2, 0.25) is 0 Å². The standard InChI is InChI=1S/C24H36N6O6.CH2O/c31-19-25-13-7-1-4-10-16-28-22(34)29(17-11-5-2-8-14-26-20-32)24(36)30(23(28)35)18-12-6-3-9-15-27-21-33;1-2/h1-18H2;1H2. The molecule has 210 valence electrons. The van der Waals surface area contributed by atoms with E-state index in [1.807, 2.05) is 6.79 Å². The van der Waals surface area contributed by atoms with Crippen LogP contribution in [0.5, 0.6) is 0 Å². The minimum atomic E-state index is -0.593. The quantitative estimate of drug-likeness (QED) is 0.131. The highest BCUT2D eigenvalue weighted by Crippen LogP contribution is 2.03. The second-order valence-corrected chi connectivity index (χ2v) is 8.46. The lowest BCUT2D eigenvalue weighted by atomic mass is 10.2. The van der Waals surface area contributed by atoms with Crippen LogP contribution >= 0.6 is 0 Å². The molecule has 0 atom stereocenters. The predicted octanol–water partition coefficient (Wildman–Crippen LogP) is 1.68. The van der Waals surface area contributed by atoms with E-state index in [0.717, 1.165) is 71.5 Å². The molecule has 13 heteroatoms. The van der Waals surface area contributed by atoms with Gasteiger partial charge in [0.1, 0.15) is 6.79 Å². The van der Waals surface area contributed by atoms with Crippen molar-refractivity contribution in [2.45, 2.75) is 96.7 Å². The molecule has 0 aliphatic heterocycles. The monoisotopic (exact) mass is 534 g/mol. The van der Waals surface area contributed by atoms with Gasteiger partial charge in [0.15, 0.2) is 0 Å². The zero-order valence-electron chi connectivity index (χ0n) is 22.0. The van der Waals surface area contributed by atoms with Gasteiger partial charge in [0.05, 0.1) is 19.6 Å². The van der Waals surface area contributed by atoms with Crippen molar-refractivity contribution < 1.29 is 19.2 Å². The summed E-state index contributed by atoms with van der Waals surface area (Å²) in [5, 5.41) is 0. The molecule has 1 aromatic rings. The van der Waals surface area contributed by atoms with Gasteiger partial charge in [0.2, 0.25) is 18.2 Å². The Morgan fingerprint density at radius 1 is 0.447 bits per heavy atom. The van der Waals surface area contributed by atoms with E-state index >= 15 is 0 Å². The highest BCUT2D eigenvalue weighted by Gasteiger charge is 2.15. The summed E-state index contributed by atoms with van der Waals surface area (Å²) >= 11 is 0. The van der Waals surface area contributed by atoms with E-state index in [2.05, 4.69) is 15.0 Å². The van der Waals surface area contributed by atoms with Crippen molar-refractivity contribution in [3.8, 4) is 0 Å². The largest absolute Gasteiger partial charge is 0.336 e. The molecule has 0 bridgehead atoms. The number of carbonyl (C=O) groups is 1. The first-order chi connectivity index (χ1) is 18.6. The van der Waals surface area contributed by atoms with Crippen LogP contribution in [0.15, 0.2) is 29.4 Å². The summed E-state index contributed by atoms with van der Waals surface area (Å²) in [6, 6.07) is 0. The first-order valence-electron chi connectivity index (χ1n) is 12.9. The fourth-order valence-corrected chi connectivity index (χ4v) is 3.84. The van der Waals surface area contributed by atoms with Crippen LogP contribution in [0, 0.1) is 0 Å². The van der Waals surface area contributed by atoms with Gasteiger partial charge >= 0.3 is 17.1 Å². The lowest BCUT2D eigenvalue weighted by molar-refractivity contribution is -0.0980. The van der Waals surface area contributed by atoms with Crippen molar-refractivity contribution in [1.29, 1.82) is 0 Å². The maximum atomic E-state index is 13.0. The summed E-state index contributed by atoms with van der Waals surface area (Å²) in [5.41, 5.74) is -1.78. The van der Waals surface area contributed by atoms with E-state index in [0.29, 0.717) is 38.9 Å². The maximum absolute atomic E-state index is 13.0. The third kappa shape index (κ3) is 14.1. The molecule has 0 spiro atoms. The molecule has 1 heterocycles. The molecule has 0 unspecified atom stereocenters. The molecule has 38 heavy (non-hydrogen) atoms. The number of aromatic nitrogens is 3. The minimum Gasteiger partial charge on any atom is -0.307 e. The smallest absolute Gasteiger partial charge is 0.307 e. The second-order valence-electron chi connectivity index (χ2n) is 8.46. The number of nitrogens with zero attached hydrogens (tertiary/aromatic N) is 6. The summed E-state index contributed by atoms with van der Waals surface area (Å²) in [5.74, 6) is 0. The van der Waals surface area contributed by atoms with Gasteiger partial charge in [-0.3, -0.25) is 0 Å². The van der Waals surface area contributed by atoms with E-state index in [9.17, 15) is 28.8 Å². The van der Waals surface area contributed by atoms with Gasteiger partial charge in [0, 0.05) is 19.6 Å². The van der Waals surface area contributed by atoms with Gasteiger partial charge in [-0.25, -0.2) is 57.4 Å². The molecular formula is C25H38N6O7. The van der Waals surface area contributed by atoms with Crippen molar-refractivity contribution in [2.24, 2.45) is 15.0 Å². The zero-order valence-corrected chi connectivity index (χ0v) is 22.0. The predicted molar refractivity (Wildman–Crippen MR) is 141 cm³/mol. The van der Waals surface area contributed by atoms with E-state index in [1.165, 1.54) is 18.2 Å². The highest BCUT2D eigenvalue weighted by molar-refractivity contribution is 5.33. The van der Waals surface area contributed by atoms with E-state index in [1.54, 1.807) is 0 Å². The topological polar surface area (TPSA) is 171 Å². The van der Waals surface area contributed by atoms with Gasteiger partial charge in [0.25, 0.3) is 0 Å². The summed E-state index contributed by atoms with van der Waals surface area (Å²) in [4.78, 5) is 87.9. The number of isocyanates is 3. The van der Waals surface area contributed by atoms with Gasteiger partial charge in [-0.15, -0.1) is 0 Å². The molecule has 0 amide bonds. The average molecular weight is 535 g/mol. The molecule has 0 aromatic carbocycles. The van der Waals surface area contributed by atoms with Crippen LogP contribution in [-0.4, -0.2) is 58.4 Å². The number of unbranched alkanes of at least 4 members (excludes halogenated alkanes) is 9. The normalized spacial score (nSPS) is 9.89. The molecule has 0 saturated heterocycles. The summed E-state index contributed by atoms with van der Waals surface area (Å²) in [7, 11) is 0. The van der Waals surface area contributed by atoms with Gasteiger partial charge in [-0.05, 0) is 38.5 Å². The van der Waals surface area contributed by atoms with E-state index in [4.69, 9.17) is 4.79 Å². The number of hydrogen-bond acceptors (Lipinski definition) is 10. The Kier molecular flexibility index (Phi) is 21.3. The Labute approximate surface area is 221 Å². The zero-order chi connectivity index (χ0) is 28.4. The first kappa shape index (κ1) is 34.2. The molecule has 0 saturated carbocycles. The van der Waals surface area contributed by atoms with Crippen LogP contribution in [0.1, 0.15) is 77.0 Å². The van der Waals surface area contributed by atoms with Gasteiger partial charge in [-0.2, -0.15) is 0 Å². The highest BCUT2D eigenvalue weighted by atomic mass is 16.2. The number of rotatable bonds is 21. The Morgan fingerprint density at radius 3 is 0.921 bits per heavy atom. The van der Waals surface area contributed by atoms with Crippen LogP contribution in [0.3, 0.4) is 0 Å². The van der Waals surface area contributed by atoms with Crippen LogP contribution < -0.4 is 17.1 Å². The van der Waals surface area contributed by atoms with E-state index in [-0.39, 0.29) is 19.6 Å². The SMILES string of the molecule is C=O.O=C=NCCCCCCn1c(=O)n(CCCCCCN=C=O)c(=O)n(CCCCCCN=C=O)c1=O. The maximum Gasteiger partial charge on any atom is 0.336 e. The number of carbonyl (C=O) groups excluding carboxylic acids is 4. The molecule has 0 aliphatic carbocycles. The minimum absolute atomic E-state index is 0.211. The van der Waals surface area contributed by atoms with Crippen molar-refractivity contribution in [1.82, 2.24) is 13.7 Å². The Balaban J connectivity index is 0.00000667. The first-order valence-corrected chi connectivity index (χ1v) is 12.9. The van der Waals surface area contributed by atoms with Gasteiger partial charge in [-0.1, -0.05) is 38.5 Å². The average Bonchev–Trinajstić information content (AvgIpc) is 2.93. The van der Waals surface area contributed by atoms with E-state index < -0.39 is 17.1 Å². The molecular weight excluding hydrogens is 496 g/mol. The summed E-state index contributed by atoms with van der Waals surface area (Å²) < 4.78 is 3.42. The van der Waals surface area contributed by atoms with Crippen LogP contribution in [-0.2, 0) is 38.8 Å². The van der Waals surface area contributed by atoms with Gasteiger partial charge < -0.3 is 4.79 Å². The molecule has 13 nitrogen and oxygen atoms in total. The fraction of sp³-hybridized carbons (Fsp3) is 0.720. The lowest BCUT2D eigenvalue weighted by Gasteiger charge is -2.14. The fourth-order valence-electron chi connectivity index (χ4n) is 3.84. The molecule has 0 aliphatic rings. The Morgan fingerprint density at radius 2 is 0.684 bits per heavy atom. The van der Waals surface area contributed by atoms with Crippen molar-refractivity contribution >= 4 is 25.0 Å². The van der Waals surface area contributed by atoms with Crippen molar-refractivity contribution in [3.05, 3.63) is 31.5 Å². The second kappa shape index (κ2) is 23.6. The summed E-state index contributed by atoms with van der Waals surface area (Å²) in [6.45, 7) is 3.85. The number of hydrogen-bond donors (Lipinski definition) is 0. The molecule has 0 fully saturated rings. The number of aliphatic imine (C=N–C) groups is 3. The molecule has 1 rings (SSSR count). The Bertz CT molecular complexity index is 952. The summed E-state index contributed by atoms with van der Waals surface area (Å²) in [6.07, 6.45) is 13.1. The Hall–Kier alpha value is -3.78. The van der Waals surface area contributed by atoms with Crippen LogP contribution in [0.4, 0.5) is 0 Å². The van der Waals surface area contributed by atoms with Crippen molar-refractivity contribution in [2.75, 3.05) is 19.6 Å². The van der Waals surface area contributed by atoms with Crippen LogP contribution in [0.25, 0.3) is 0 Å². The third-order valence-corrected chi connectivity index (χ3v) is 5.78.